The molecule has 2 aliphatic heterocycles. The number of aliphatic hydroxyl groups is 1. The standard InChI is InChI=1S/C23H31NO5.C2HF3O2/c1-2-11-28-23-8-7-17(26)21-22(23)9-10-24(27,13-14-3-4-14)18(23)12-15-5-6-16(25)20(29-21)19(15)22;3-2(4,5)1(6)7/h5-6,14,17-18,21,25-26H,2-4,7-13H2,1H3;(H,6,7)/t17-,18+,21-,22-,23?,24?;/m0./s1. The number of carbonyl (C=O) groups is 1. The molecule has 1 aromatic rings. The molecule has 0 radical (unpaired) electrons. The van der Waals surface area contributed by atoms with E-state index in [4.69, 9.17) is 19.4 Å². The normalized spacial score (nSPS) is 37.9. The summed E-state index contributed by atoms with van der Waals surface area (Å²) in [6.45, 7) is 3.93. The smallest absolute Gasteiger partial charge is 0.490 e. The lowest BCUT2D eigenvalue weighted by Gasteiger charge is -2.69. The zero-order valence-electron chi connectivity index (χ0n) is 20.1. The molecule has 8 nitrogen and oxygen atoms in total. The zero-order chi connectivity index (χ0) is 26.1. The molecule has 36 heavy (non-hydrogen) atoms. The summed E-state index contributed by atoms with van der Waals surface area (Å²) in [4.78, 5) is 8.90. The maximum atomic E-state index is 14.3. The molecule has 1 aromatic carbocycles. The number of rotatable bonds is 5. The van der Waals surface area contributed by atoms with E-state index in [0.29, 0.717) is 57.0 Å². The first-order chi connectivity index (χ1) is 16.9. The van der Waals surface area contributed by atoms with Gasteiger partial charge in [0.1, 0.15) is 17.7 Å². The molecule has 3 aliphatic carbocycles. The lowest BCUT2D eigenvalue weighted by molar-refractivity contribution is -0.924. The number of nitrogens with zero attached hydrogens (tertiary/aromatic N) is 1. The highest BCUT2D eigenvalue weighted by Crippen LogP contribution is 2.67. The summed E-state index contributed by atoms with van der Waals surface area (Å²) in [5.74, 6) is -1.56. The Bertz CT molecular complexity index is 1040. The first-order valence-corrected chi connectivity index (χ1v) is 12.6. The van der Waals surface area contributed by atoms with Crippen molar-refractivity contribution in [1.29, 1.82) is 0 Å². The third kappa shape index (κ3) is 3.61. The summed E-state index contributed by atoms with van der Waals surface area (Å²) < 4.78 is 44.6. The van der Waals surface area contributed by atoms with Crippen LogP contribution in [0.4, 0.5) is 13.2 Å². The van der Waals surface area contributed by atoms with Crippen molar-refractivity contribution in [2.45, 2.75) is 87.3 Å². The molecule has 0 amide bonds. The van der Waals surface area contributed by atoms with E-state index in [0.717, 1.165) is 17.5 Å². The number of carboxylic acid groups (broad SMARTS) is 1. The highest BCUT2D eigenvalue weighted by atomic mass is 19.4. The first kappa shape index (κ1) is 25.6. The highest BCUT2D eigenvalue weighted by Gasteiger charge is 2.77. The monoisotopic (exact) mass is 515 g/mol. The van der Waals surface area contributed by atoms with Crippen molar-refractivity contribution in [3.05, 3.63) is 28.5 Å². The number of carboxylic acids is 1. The molecule has 5 aliphatic rings. The van der Waals surface area contributed by atoms with Crippen molar-refractivity contribution in [3.8, 4) is 11.5 Å². The second-order valence-corrected chi connectivity index (χ2v) is 10.9. The van der Waals surface area contributed by atoms with Gasteiger partial charge in [0.25, 0.3) is 0 Å². The van der Waals surface area contributed by atoms with Gasteiger partial charge in [-0.05, 0) is 43.7 Å². The number of hydrogen-bond acceptors (Lipinski definition) is 6. The molecular formula is C25H32F3NO7. The van der Waals surface area contributed by atoms with Crippen LogP contribution in [-0.4, -0.2) is 75.7 Å². The van der Waals surface area contributed by atoms with Gasteiger partial charge in [0, 0.05) is 30.9 Å². The number of aromatic hydroxyl groups is 1. The van der Waals surface area contributed by atoms with E-state index in [-0.39, 0.29) is 16.4 Å². The molecule has 2 saturated carbocycles. The number of benzene rings is 1. The second-order valence-electron chi connectivity index (χ2n) is 10.9. The van der Waals surface area contributed by atoms with Crippen LogP contribution in [0.5, 0.6) is 11.5 Å². The minimum Gasteiger partial charge on any atom is -0.632 e. The predicted octanol–water partition coefficient (Wildman–Crippen LogP) is 3.40. The van der Waals surface area contributed by atoms with Gasteiger partial charge in [-0.1, -0.05) is 13.0 Å². The fraction of sp³-hybridized carbons (Fsp3) is 0.720. The summed E-state index contributed by atoms with van der Waals surface area (Å²) in [6.07, 6.45) is -0.357. The Balaban J connectivity index is 0.000000338. The number of hydrogen-bond donors (Lipinski definition) is 3. The first-order valence-electron chi connectivity index (χ1n) is 12.6. The van der Waals surface area contributed by atoms with Crippen LogP contribution in [-0.2, 0) is 21.4 Å². The summed E-state index contributed by atoms with van der Waals surface area (Å²) in [5.41, 5.74) is 0.950. The molecule has 200 valence electrons. The minimum atomic E-state index is -5.08. The van der Waals surface area contributed by atoms with Gasteiger partial charge in [-0.3, -0.25) is 0 Å². The molecule has 1 spiro atoms. The largest absolute Gasteiger partial charge is 0.632 e. The predicted molar refractivity (Wildman–Crippen MR) is 120 cm³/mol. The fourth-order valence-electron chi connectivity index (χ4n) is 7.28. The van der Waals surface area contributed by atoms with Gasteiger partial charge in [-0.2, -0.15) is 13.2 Å². The van der Waals surface area contributed by atoms with E-state index in [1.807, 2.05) is 6.07 Å². The van der Waals surface area contributed by atoms with Crippen molar-refractivity contribution in [2.75, 3.05) is 19.7 Å². The molecule has 6 atom stereocenters. The Kier molecular flexibility index (Phi) is 6.02. The summed E-state index contributed by atoms with van der Waals surface area (Å²) in [7, 11) is 0. The van der Waals surface area contributed by atoms with Crippen LogP contribution < -0.4 is 4.74 Å². The van der Waals surface area contributed by atoms with Gasteiger partial charge < -0.3 is 34.6 Å². The fourth-order valence-corrected chi connectivity index (χ4v) is 7.28. The Morgan fingerprint density at radius 3 is 2.58 bits per heavy atom. The van der Waals surface area contributed by atoms with Gasteiger partial charge >= 0.3 is 12.1 Å². The van der Waals surface area contributed by atoms with E-state index in [2.05, 4.69) is 6.92 Å². The molecule has 11 heteroatoms. The van der Waals surface area contributed by atoms with Crippen LogP contribution in [0.3, 0.4) is 0 Å². The number of ether oxygens (including phenoxy) is 2. The van der Waals surface area contributed by atoms with Crippen molar-refractivity contribution >= 4 is 5.97 Å². The zero-order valence-corrected chi connectivity index (χ0v) is 20.1. The van der Waals surface area contributed by atoms with E-state index in [9.17, 15) is 28.6 Å². The summed E-state index contributed by atoms with van der Waals surface area (Å²) >= 11 is 0. The Labute approximate surface area is 206 Å². The number of alkyl halides is 3. The third-order valence-electron chi connectivity index (χ3n) is 8.79. The number of aliphatic hydroxyl groups excluding tert-OH is 1. The van der Waals surface area contributed by atoms with Crippen LogP contribution >= 0.6 is 0 Å². The average Bonchev–Trinajstić information content (AvgIpc) is 3.54. The molecule has 1 saturated heterocycles. The van der Waals surface area contributed by atoms with Crippen molar-refractivity contribution in [3.63, 3.8) is 0 Å². The Morgan fingerprint density at radius 2 is 1.97 bits per heavy atom. The topological polar surface area (TPSA) is 119 Å². The van der Waals surface area contributed by atoms with Crippen LogP contribution in [0.2, 0.25) is 0 Å². The lowest BCUT2D eigenvalue weighted by Crippen LogP contribution is -2.81. The van der Waals surface area contributed by atoms with Crippen molar-refractivity contribution in [1.82, 2.24) is 0 Å². The van der Waals surface area contributed by atoms with Crippen molar-refractivity contribution < 1.29 is 47.4 Å². The van der Waals surface area contributed by atoms with Gasteiger partial charge in [0.15, 0.2) is 11.5 Å². The molecule has 0 aromatic heterocycles. The quantitative estimate of drug-likeness (QED) is 0.406. The van der Waals surface area contributed by atoms with E-state index in [1.165, 1.54) is 12.8 Å². The van der Waals surface area contributed by atoms with E-state index < -0.39 is 35.4 Å². The van der Waals surface area contributed by atoms with E-state index >= 15 is 0 Å². The number of phenols is 1. The third-order valence-corrected chi connectivity index (χ3v) is 8.79. The minimum absolute atomic E-state index is 0.133. The van der Waals surface area contributed by atoms with Gasteiger partial charge in [-0.15, -0.1) is 0 Å². The number of likely N-dealkylation sites (tertiary alicyclic amines) is 1. The second kappa shape index (κ2) is 8.47. The van der Waals surface area contributed by atoms with Crippen LogP contribution in [0.1, 0.15) is 56.6 Å². The number of phenolic OH excluding ortho intramolecular Hbond substituents is 1. The van der Waals surface area contributed by atoms with Crippen LogP contribution in [0.15, 0.2) is 12.1 Å². The maximum absolute atomic E-state index is 14.3. The Morgan fingerprint density at radius 1 is 1.28 bits per heavy atom. The molecule has 2 bridgehead atoms. The molecule has 2 heterocycles. The van der Waals surface area contributed by atoms with Crippen molar-refractivity contribution in [2.24, 2.45) is 5.92 Å². The number of quaternary nitrogens is 1. The Hall–Kier alpha value is -2.08. The molecule has 2 unspecified atom stereocenters. The van der Waals surface area contributed by atoms with Crippen LogP contribution in [0, 0.1) is 11.1 Å². The number of hydroxylamine groups is 3. The number of piperidine rings is 1. The molecule has 6 rings (SSSR count). The lowest BCUT2D eigenvalue weighted by atomic mass is 9.48. The maximum Gasteiger partial charge on any atom is 0.490 e. The number of aliphatic carboxylic acids is 1. The highest BCUT2D eigenvalue weighted by molar-refractivity contribution is 5.73. The van der Waals surface area contributed by atoms with E-state index in [1.54, 1.807) is 6.07 Å². The average molecular weight is 516 g/mol. The molecular weight excluding hydrogens is 483 g/mol. The molecule has 3 fully saturated rings. The molecule has 3 N–H and O–H groups in total. The SMILES string of the molecule is CCCOC12CC[C@H](O)[C@@H]3Oc4c(O)ccc5c4[C@@]31CC[N+]([O-])(CC1CC1)[C@@H]2C5.O=C(O)C(F)(F)F. The van der Waals surface area contributed by atoms with Gasteiger partial charge in [-0.25, -0.2) is 4.79 Å². The van der Waals surface area contributed by atoms with Gasteiger partial charge in [0.2, 0.25) is 0 Å². The summed E-state index contributed by atoms with van der Waals surface area (Å²) in [6, 6.07) is 3.47. The van der Waals surface area contributed by atoms with Crippen LogP contribution in [0.25, 0.3) is 0 Å². The number of halogens is 3. The van der Waals surface area contributed by atoms with Gasteiger partial charge in [0.05, 0.1) is 24.6 Å². The summed E-state index contributed by atoms with van der Waals surface area (Å²) in [5, 5.41) is 43.0.